The molecule has 1 fully saturated rings. The summed E-state index contributed by atoms with van der Waals surface area (Å²) in [5.74, 6) is 1.95. The lowest BCUT2D eigenvalue weighted by Crippen LogP contribution is -2.49. The normalized spacial score (nSPS) is 14.4. The average Bonchev–Trinajstić information content (AvgIpc) is 3.26. The minimum absolute atomic E-state index is 0.0580. The summed E-state index contributed by atoms with van der Waals surface area (Å²) in [5.41, 5.74) is 1.63. The lowest BCUT2D eigenvalue weighted by molar-refractivity contribution is -0.130. The van der Waals surface area contributed by atoms with Crippen molar-refractivity contribution < 1.29 is 13.7 Å². The standard InChI is InChI=1S/C22H24FN5O2/c1-15(2)22-25-21(26-30-22)17-5-8-19(24-14-17)27-9-11-28(12-10-27)20(29)13-16-3-6-18(23)7-4-16/h3-8,14-15H,9-13H2,1-2H3. The van der Waals surface area contributed by atoms with E-state index >= 15 is 0 Å². The van der Waals surface area contributed by atoms with Crippen LogP contribution in [0.15, 0.2) is 47.1 Å². The van der Waals surface area contributed by atoms with Crippen LogP contribution >= 0.6 is 0 Å². The number of hydrogen-bond donors (Lipinski definition) is 0. The summed E-state index contributed by atoms with van der Waals surface area (Å²) in [7, 11) is 0. The predicted octanol–water partition coefficient (Wildman–Crippen LogP) is 3.29. The number of carbonyl (C=O) groups excluding carboxylic acids is 1. The van der Waals surface area contributed by atoms with Gasteiger partial charge in [0.2, 0.25) is 17.6 Å². The van der Waals surface area contributed by atoms with Gasteiger partial charge in [0.05, 0.1) is 6.42 Å². The topological polar surface area (TPSA) is 75.4 Å². The van der Waals surface area contributed by atoms with E-state index in [1.807, 2.05) is 30.9 Å². The van der Waals surface area contributed by atoms with E-state index in [9.17, 15) is 9.18 Å². The third-order valence-electron chi connectivity index (χ3n) is 5.17. The van der Waals surface area contributed by atoms with E-state index in [0.717, 1.165) is 16.9 Å². The van der Waals surface area contributed by atoms with Gasteiger partial charge in [-0.25, -0.2) is 9.37 Å². The summed E-state index contributed by atoms with van der Waals surface area (Å²) in [4.78, 5) is 25.5. The van der Waals surface area contributed by atoms with Crippen molar-refractivity contribution in [3.05, 3.63) is 59.9 Å². The first-order valence-corrected chi connectivity index (χ1v) is 10.1. The summed E-state index contributed by atoms with van der Waals surface area (Å²) in [6.07, 6.45) is 2.03. The van der Waals surface area contributed by atoms with E-state index in [1.54, 1.807) is 18.3 Å². The Bertz CT molecular complexity index is 993. The zero-order chi connectivity index (χ0) is 21.1. The molecule has 156 valence electrons. The zero-order valence-electron chi connectivity index (χ0n) is 17.1. The Morgan fingerprint density at radius 3 is 2.43 bits per heavy atom. The van der Waals surface area contributed by atoms with Crippen molar-refractivity contribution in [3.63, 3.8) is 0 Å². The fourth-order valence-electron chi connectivity index (χ4n) is 3.37. The van der Waals surface area contributed by atoms with Gasteiger partial charge in [0, 0.05) is 43.9 Å². The fourth-order valence-corrected chi connectivity index (χ4v) is 3.37. The maximum atomic E-state index is 13.0. The Labute approximate surface area is 174 Å². The van der Waals surface area contributed by atoms with Gasteiger partial charge in [0.1, 0.15) is 11.6 Å². The lowest BCUT2D eigenvalue weighted by atomic mass is 10.1. The molecule has 0 saturated carbocycles. The zero-order valence-corrected chi connectivity index (χ0v) is 17.1. The molecule has 0 bridgehead atoms. The Morgan fingerprint density at radius 2 is 1.83 bits per heavy atom. The van der Waals surface area contributed by atoms with Crippen LogP contribution in [0.2, 0.25) is 0 Å². The number of anilines is 1. The number of amides is 1. The molecular weight excluding hydrogens is 385 g/mol. The Balaban J connectivity index is 1.33. The molecule has 2 aromatic heterocycles. The molecule has 1 aliphatic heterocycles. The van der Waals surface area contributed by atoms with Crippen molar-refractivity contribution in [3.8, 4) is 11.4 Å². The predicted molar refractivity (Wildman–Crippen MR) is 111 cm³/mol. The highest BCUT2D eigenvalue weighted by Crippen LogP contribution is 2.21. The first-order valence-electron chi connectivity index (χ1n) is 10.1. The molecule has 1 aliphatic rings. The van der Waals surface area contributed by atoms with Gasteiger partial charge in [0.25, 0.3) is 0 Å². The molecule has 0 aliphatic carbocycles. The summed E-state index contributed by atoms with van der Waals surface area (Å²) >= 11 is 0. The van der Waals surface area contributed by atoms with Gasteiger partial charge in [0.15, 0.2) is 0 Å². The maximum Gasteiger partial charge on any atom is 0.229 e. The first kappa shape index (κ1) is 20.0. The molecule has 1 saturated heterocycles. The molecule has 7 nitrogen and oxygen atoms in total. The average molecular weight is 409 g/mol. The summed E-state index contributed by atoms with van der Waals surface area (Å²) in [6, 6.07) is 9.95. The third-order valence-corrected chi connectivity index (χ3v) is 5.17. The highest BCUT2D eigenvalue weighted by atomic mass is 19.1. The number of hydrogen-bond acceptors (Lipinski definition) is 6. The van der Waals surface area contributed by atoms with Gasteiger partial charge in [-0.15, -0.1) is 0 Å². The third kappa shape index (κ3) is 4.48. The van der Waals surface area contributed by atoms with Crippen LogP contribution in [0, 0.1) is 5.82 Å². The van der Waals surface area contributed by atoms with Crippen molar-refractivity contribution in [2.24, 2.45) is 0 Å². The Kier molecular flexibility index (Phi) is 5.74. The first-order chi connectivity index (χ1) is 14.5. The summed E-state index contributed by atoms with van der Waals surface area (Å²) in [6.45, 7) is 6.69. The number of halogens is 1. The van der Waals surface area contributed by atoms with Crippen molar-refractivity contribution in [1.29, 1.82) is 0 Å². The van der Waals surface area contributed by atoms with Crippen LogP contribution in [0.4, 0.5) is 10.2 Å². The van der Waals surface area contributed by atoms with Gasteiger partial charge in [-0.2, -0.15) is 4.98 Å². The van der Waals surface area contributed by atoms with Crippen LogP contribution < -0.4 is 4.90 Å². The molecule has 1 aromatic carbocycles. The Morgan fingerprint density at radius 1 is 1.10 bits per heavy atom. The molecular formula is C22H24FN5O2. The minimum Gasteiger partial charge on any atom is -0.353 e. The molecule has 1 amide bonds. The number of pyridine rings is 1. The number of rotatable bonds is 5. The maximum absolute atomic E-state index is 13.0. The van der Waals surface area contributed by atoms with Crippen molar-refractivity contribution in [1.82, 2.24) is 20.0 Å². The second kappa shape index (κ2) is 8.61. The quantitative estimate of drug-likeness (QED) is 0.644. The Hall–Kier alpha value is -3.29. The van der Waals surface area contributed by atoms with Gasteiger partial charge < -0.3 is 14.3 Å². The van der Waals surface area contributed by atoms with E-state index in [2.05, 4.69) is 20.0 Å². The number of carbonyl (C=O) groups is 1. The number of piperazine rings is 1. The second-order valence-electron chi connectivity index (χ2n) is 7.69. The van der Waals surface area contributed by atoms with Crippen molar-refractivity contribution >= 4 is 11.7 Å². The van der Waals surface area contributed by atoms with Crippen molar-refractivity contribution in [2.45, 2.75) is 26.2 Å². The number of benzene rings is 1. The lowest BCUT2D eigenvalue weighted by Gasteiger charge is -2.35. The molecule has 0 radical (unpaired) electrons. The molecule has 0 N–H and O–H groups in total. The summed E-state index contributed by atoms with van der Waals surface area (Å²) in [5, 5.41) is 4.01. The molecule has 0 spiro atoms. The molecule has 0 atom stereocenters. The van der Waals surface area contributed by atoms with E-state index in [-0.39, 0.29) is 24.1 Å². The number of nitrogens with zero attached hydrogens (tertiary/aromatic N) is 5. The van der Waals surface area contributed by atoms with Crippen molar-refractivity contribution in [2.75, 3.05) is 31.1 Å². The van der Waals surface area contributed by atoms with Gasteiger partial charge in [-0.3, -0.25) is 4.79 Å². The smallest absolute Gasteiger partial charge is 0.229 e. The van der Waals surface area contributed by atoms with Crippen LogP contribution in [0.1, 0.15) is 31.2 Å². The molecule has 8 heteroatoms. The highest BCUT2D eigenvalue weighted by molar-refractivity contribution is 5.79. The van der Waals surface area contributed by atoms with E-state index in [0.29, 0.717) is 37.9 Å². The molecule has 0 unspecified atom stereocenters. The number of aromatic nitrogens is 3. The second-order valence-corrected chi connectivity index (χ2v) is 7.69. The molecule has 4 rings (SSSR count). The van der Waals surface area contributed by atoms with Gasteiger partial charge in [-0.1, -0.05) is 31.1 Å². The summed E-state index contributed by atoms with van der Waals surface area (Å²) < 4.78 is 18.3. The molecule has 30 heavy (non-hydrogen) atoms. The molecule has 3 heterocycles. The monoisotopic (exact) mass is 409 g/mol. The fraction of sp³-hybridized carbons (Fsp3) is 0.364. The van der Waals surface area contributed by atoms with E-state index < -0.39 is 0 Å². The minimum atomic E-state index is -0.293. The van der Waals surface area contributed by atoms with Gasteiger partial charge >= 0.3 is 0 Å². The van der Waals surface area contributed by atoms with Crippen LogP contribution in [0.25, 0.3) is 11.4 Å². The van der Waals surface area contributed by atoms with E-state index in [4.69, 9.17) is 4.52 Å². The van der Waals surface area contributed by atoms with Gasteiger partial charge in [-0.05, 0) is 29.8 Å². The molecule has 3 aromatic rings. The van der Waals surface area contributed by atoms with Crippen LogP contribution in [0.5, 0.6) is 0 Å². The largest absolute Gasteiger partial charge is 0.353 e. The van der Waals surface area contributed by atoms with Crippen LogP contribution in [0.3, 0.4) is 0 Å². The van der Waals surface area contributed by atoms with E-state index in [1.165, 1.54) is 12.1 Å². The van der Waals surface area contributed by atoms with Crippen LogP contribution in [-0.4, -0.2) is 52.1 Å². The SMILES string of the molecule is CC(C)c1nc(-c2ccc(N3CCN(C(=O)Cc4ccc(F)cc4)CC3)nc2)no1. The van der Waals surface area contributed by atoms with Crippen LogP contribution in [-0.2, 0) is 11.2 Å². The highest BCUT2D eigenvalue weighted by Gasteiger charge is 2.22.